The molecule has 0 spiro atoms. The van der Waals surface area contributed by atoms with Gasteiger partial charge in [-0.1, -0.05) is 18.2 Å². The summed E-state index contributed by atoms with van der Waals surface area (Å²) in [5, 5.41) is 6.35. The molecule has 4 heteroatoms. The smallest absolute Gasteiger partial charge is 0.225 e. The van der Waals surface area contributed by atoms with Gasteiger partial charge in [-0.25, -0.2) is 0 Å². The number of hydrogen-bond acceptors (Lipinski definition) is 3. The largest absolute Gasteiger partial charge is 0.497 e. The van der Waals surface area contributed by atoms with Crippen LogP contribution in [0.5, 0.6) is 5.75 Å². The first-order chi connectivity index (χ1) is 10.7. The Morgan fingerprint density at radius 3 is 2.91 bits per heavy atom. The molecule has 1 aliphatic heterocycles. The van der Waals surface area contributed by atoms with E-state index < -0.39 is 0 Å². The van der Waals surface area contributed by atoms with E-state index in [0.29, 0.717) is 6.42 Å². The van der Waals surface area contributed by atoms with Gasteiger partial charge < -0.3 is 15.4 Å². The van der Waals surface area contributed by atoms with Gasteiger partial charge in [0.2, 0.25) is 5.91 Å². The van der Waals surface area contributed by atoms with Crippen molar-refractivity contribution < 1.29 is 9.53 Å². The fourth-order valence-electron chi connectivity index (χ4n) is 2.87. The predicted molar refractivity (Wildman–Crippen MR) is 88.7 cm³/mol. The predicted octanol–water partition coefficient (Wildman–Crippen LogP) is 3.54. The molecule has 0 aliphatic carbocycles. The number of amides is 1. The highest BCUT2D eigenvalue weighted by Crippen LogP contribution is 2.33. The first-order valence-corrected chi connectivity index (χ1v) is 7.44. The molecule has 1 heterocycles. The van der Waals surface area contributed by atoms with E-state index in [9.17, 15) is 4.79 Å². The minimum atomic E-state index is 0.0387. The number of rotatable bonds is 4. The summed E-state index contributed by atoms with van der Waals surface area (Å²) in [6.45, 7) is 2.78. The topological polar surface area (TPSA) is 50.4 Å². The third-order valence-corrected chi connectivity index (χ3v) is 4.08. The molecule has 4 nitrogen and oxygen atoms in total. The van der Waals surface area contributed by atoms with Crippen LogP contribution in [-0.4, -0.2) is 19.6 Å². The highest BCUT2D eigenvalue weighted by molar-refractivity contribution is 5.92. The van der Waals surface area contributed by atoms with E-state index >= 15 is 0 Å². The molecule has 114 valence electrons. The second-order valence-electron chi connectivity index (χ2n) is 5.60. The van der Waals surface area contributed by atoms with Gasteiger partial charge in [0.05, 0.1) is 7.11 Å². The number of para-hydroxylation sites is 1. The summed E-state index contributed by atoms with van der Waals surface area (Å²) in [4.78, 5) is 12.3. The van der Waals surface area contributed by atoms with Crippen LogP contribution in [0.2, 0.25) is 0 Å². The lowest BCUT2D eigenvalue weighted by Gasteiger charge is -2.13. The fraction of sp³-hybridized carbons (Fsp3) is 0.278. The lowest BCUT2D eigenvalue weighted by Crippen LogP contribution is -2.17. The number of nitrogens with one attached hydrogen (secondary N) is 2. The summed E-state index contributed by atoms with van der Waals surface area (Å²) in [6, 6.07) is 13.8. The fourth-order valence-corrected chi connectivity index (χ4v) is 2.87. The Labute approximate surface area is 130 Å². The standard InChI is InChI=1S/C18H20N2O2/c1-12-9-14(22-2)7-8-16(12)20-18(21)10-13-11-19-17-6-4-3-5-15(13)17/h3-9,13,19H,10-11H2,1-2H3,(H,20,21). The maximum absolute atomic E-state index is 12.3. The van der Waals surface area contributed by atoms with Crippen LogP contribution in [0.25, 0.3) is 0 Å². The number of methoxy groups -OCH3 is 1. The van der Waals surface area contributed by atoms with Gasteiger partial charge in [0.25, 0.3) is 0 Å². The average molecular weight is 296 g/mol. The summed E-state index contributed by atoms with van der Waals surface area (Å²) >= 11 is 0. The van der Waals surface area contributed by atoms with Gasteiger partial charge in [0.1, 0.15) is 5.75 Å². The molecule has 0 aromatic heterocycles. The average Bonchev–Trinajstić information content (AvgIpc) is 2.92. The monoisotopic (exact) mass is 296 g/mol. The van der Waals surface area contributed by atoms with E-state index in [2.05, 4.69) is 22.8 Å². The van der Waals surface area contributed by atoms with Crippen molar-refractivity contribution >= 4 is 17.3 Å². The number of carbonyl (C=O) groups is 1. The Balaban J connectivity index is 1.66. The van der Waals surface area contributed by atoms with Crippen LogP contribution >= 0.6 is 0 Å². The van der Waals surface area contributed by atoms with Gasteiger partial charge in [0.15, 0.2) is 0 Å². The van der Waals surface area contributed by atoms with E-state index in [0.717, 1.165) is 29.2 Å². The molecule has 0 radical (unpaired) electrons. The Bertz CT molecular complexity index is 697. The maximum atomic E-state index is 12.3. The van der Waals surface area contributed by atoms with E-state index in [-0.39, 0.29) is 11.8 Å². The molecule has 0 bridgehead atoms. The Kier molecular flexibility index (Phi) is 4.00. The van der Waals surface area contributed by atoms with Gasteiger partial charge >= 0.3 is 0 Å². The normalized spacial score (nSPS) is 15.8. The number of ether oxygens (including phenoxy) is 1. The van der Waals surface area contributed by atoms with Crippen molar-refractivity contribution in [1.82, 2.24) is 0 Å². The van der Waals surface area contributed by atoms with Crippen LogP contribution in [0.3, 0.4) is 0 Å². The molecule has 0 saturated heterocycles. The highest BCUT2D eigenvalue weighted by Gasteiger charge is 2.24. The number of anilines is 2. The lowest BCUT2D eigenvalue weighted by molar-refractivity contribution is -0.116. The summed E-state index contributed by atoms with van der Waals surface area (Å²) in [5.74, 6) is 1.07. The number of hydrogen-bond donors (Lipinski definition) is 2. The quantitative estimate of drug-likeness (QED) is 0.907. The molecule has 0 saturated carbocycles. The SMILES string of the molecule is COc1ccc(NC(=O)CC2CNc3ccccc32)c(C)c1. The van der Waals surface area contributed by atoms with Gasteiger partial charge in [-0.15, -0.1) is 0 Å². The van der Waals surface area contributed by atoms with Crippen LogP contribution in [0.4, 0.5) is 11.4 Å². The van der Waals surface area contributed by atoms with Gasteiger partial charge in [-0.2, -0.15) is 0 Å². The van der Waals surface area contributed by atoms with Crippen LogP contribution in [0.1, 0.15) is 23.5 Å². The first-order valence-electron chi connectivity index (χ1n) is 7.44. The first kappa shape index (κ1) is 14.4. The van der Waals surface area contributed by atoms with Crippen molar-refractivity contribution in [2.24, 2.45) is 0 Å². The van der Waals surface area contributed by atoms with Crippen molar-refractivity contribution in [3.05, 3.63) is 53.6 Å². The maximum Gasteiger partial charge on any atom is 0.225 e. The third kappa shape index (κ3) is 2.91. The molecule has 2 N–H and O–H groups in total. The highest BCUT2D eigenvalue weighted by atomic mass is 16.5. The Hall–Kier alpha value is -2.49. The van der Waals surface area contributed by atoms with Crippen LogP contribution in [-0.2, 0) is 4.79 Å². The molecule has 2 aromatic carbocycles. The van der Waals surface area contributed by atoms with E-state index in [4.69, 9.17) is 4.74 Å². The minimum absolute atomic E-state index is 0.0387. The Morgan fingerprint density at radius 2 is 2.14 bits per heavy atom. The van der Waals surface area contributed by atoms with E-state index in [1.165, 1.54) is 5.56 Å². The second kappa shape index (κ2) is 6.10. The molecule has 1 amide bonds. The summed E-state index contributed by atoms with van der Waals surface area (Å²) in [5.41, 5.74) is 4.20. The van der Waals surface area contributed by atoms with E-state index in [1.54, 1.807) is 7.11 Å². The second-order valence-corrected chi connectivity index (χ2v) is 5.60. The van der Waals surface area contributed by atoms with Crippen molar-refractivity contribution in [1.29, 1.82) is 0 Å². The van der Waals surface area contributed by atoms with E-state index in [1.807, 2.05) is 37.3 Å². The number of carbonyl (C=O) groups excluding carboxylic acids is 1. The molecule has 1 unspecified atom stereocenters. The van der Waals surface area contributed by atoms with Gasteiger partial charge in [0, 0.05) is 30.3 Å². The van der Waals surface area contributed by atoms with Crippen molar-refractivity contribution in [3.8, 4) is 5.75 Å². The zero-order chi connectivity index (χ0) is 15.5. The molecular weight excluding hydrogens is 276 g/mol. The number of fused-ring (bicyclic) bond motifs is 1. The number of benzene rings is 2. The lowest BCUT2D eigenvalue weighted by atomic mass is 9.97. The molecule has 2 aromatic rings. The third-order valence-electron chi connectivity index (χ3n) is 4.08. The molecular formula is C18H20N2O2. The van der Waals surface area contributed by atoms with Gasteiger partial charge in [-0.3, -0.25) is 4.79 Å². The summed E-state index contributed by atoms with van der Waals surface area (Å²) < 4.78 is 5.18. The van der Waals surface area contributed by atoms with Crippen molar-refractivity contribution in [3.63, 3.8) is 0 Å². The Morgan fingerprint density at radius 1 is 1.32 bits per heavy atom. The van der Waals surface area contributed by atoms with Crippen molar-refractivity contribution in [2.75, 3.05) is 24.3 Å². The summed E-state index contributed by atoms with van der Waals surface area (Å²) in [7, 11) is 1.64. The molecule has 1 atom stereocenters. The van der Waals surface area contributed by atoms with Crippen molar-refractivity contribution in [2.45, 2.75) is 19.3 Å². The van der Waals surface area contributed by atoms with Crippen LogP contribution in [0.15, 0.2) is 42.5 Å². The van der Waals surface area contributed by atoms with Crippen LogP contribution in [0, 0.1) is 6.92 Å². The zero-order valence-corrected chi connectivity index (χ0v) is 12.8. The molecule has 0 fully saturated rings. The van der Waals surface area contributed by atoms with Crippen LogP contribution < -0.4 is 15.4 Å². The summed E-state index contributed by atoms with van der Waals surface area (Å²) in [6.07, 6.45) is 0.482. The molecule has 3 rings (SSSR count). The minimum Gasteiger partial charge on any atom is -0.497 e. The van der Waals surface area contributed by atoms with Gasteiger partial charge in [-0.05, 0) is 42.3 Å². The number of aryl methyl sites for hydroxylation is 1. The molecule has 22 heavy (non-hydrogen) atoms. The zero-order valence-electron chi connectivity index (χ0n) is 12.8. The molecule has 1 aliphatic rings.